The minimum atomic E-state index is -0.776. The molecule has 2 fully saturated rings. The molecule has 0 radical (unpaired) electrons. The lowest BCUT2D eigenvalue weighted by atomic mass is 10.2. The van der Waals surface area contributed by atoms with Gasteiger partial charge in [0.1, 0.15) is 39.7 Å². The van der Waals surface area contributed by atoms with E-state index in [1.54, 1.807) is 30.2 Å². The number of thioether (sulfide) groups is 1. The van der Waals surface area contributed by atoms with Crippen molar-refractivity contribution in [3.05, 3.63) is 42.0 Å². The molecule has 0 aliphatic carbocycles. The zero-order chi connectivity index (χ0) is 21.9. The van der Waals surface area contributed by atoms with E-state index in [0.717, 1.165) is 48.1 Å². The van der Waals surface area contributed by atoms with Crippen LogP contribution in [0.2, 0.25) is 0 Å². The Morgan fingerprint density at radius 3 is 2.47 bits per heavy atom. The van der Waals surface area contributed by atoms with Gasteiger partial charge in [-0.25, -0.2) is 19.3 Å². The van der Waals surface area contributed by atoms with E-state index in [-0.39, 0.29) is 5.82 Å². The minimum absolute atomic E-state index is 0.244. The zero-order valence-electron chi connectivity index (χ0n) is 17.5. The Balaban J connectivity index is 1.52. The van der Waals surface area contributed by atoms with E-state index in [0.29, 0.717) is 41.8 Å². The molecule has 0 saturated carbocycles. The summed E-state index contributed by atoms with van der Waals surface area (Å²) in [5.41, 5.74) is 2.45. The number of nitrogens with zero attached hydrogens (tertiary/aromatic N) is 6. The topological polar surface area (TPSA) is 93.1 Å². The Labute approximate surface area is 193 Å². The first kappa shape index (κ1) is 21.6. The smallest absolute Gasteiger partial charge is 0.228 e. The second-order valence-electron chi connectivity index (χ2n) is 7.71. The molecule has 1 N–H and O–H groups in total. The molecule has 2 aromatic heterocycles. The first-order chi connectivity index (χ1) is 15.7. The summed E-state index contributed by atoms with van der Waals surface area (Å²) < 4.78 is 25.1. The molecule has 168 valence electrons. The van der Waals surface area contributed by atoms with Gasteiger partial charge in [-0.3, -0.25) is 0 Å². The Hall–Kier alpha value is -2.21. The monoisotopic (exact) mass is 473 g/mol. The van der Waals surface area contributed by atoms with E-state index in [1.165, 1.54) is 12.1 Å². The van der Waals surface area contributed by atoms with Crippen molar-refractivity contribution in [1.82, 2.24) is 25.3 Å². The molecule has 0 atom stereocenters. The normalized spacial score (nSPS) is 17.8. The van der Waals surface area contributed by atoms with Crippen molar-refractivity contribution in [1.29, 1.82) is 0 Å². The van der Waals surface area contributed by atoms with Crippen molar-refractivity contribution in [2.75, 3.05) is 60.6 Å². The van der Waals surface area contributed by atoms with Crippen LogP contribution in [-0.2, 0) is 16.9 Å². The highest BCUT2D eigenvalue weighted by atomic mass is 32.2. The summed E-state index contributed by atoms with van der Waals surface area (Å²) in [6, 6.07) is 6.51. The fourth-order valence-corrected chi connectivity index (χ4v) is 5.76. The third-order valence-corrected chi connectivity index (χ3v) is 7.91. The Kier molecular flexibility index (Phi) is 6.58. The molecule has 0 unspecified atom stereocenters. The van der Waals surface area contributed by atoms with Crippen molar-refractivity contribution in [2.24, 2.45) is 0 Å². The third-order valence-electron chi connectivity index (χ3n) is 5.58. The zero-order valence-corrected chi connectivity index (χ0v) is 19.2. The number of piperazine rings is 1. The van der Waals surface area contributed by atoms with Gasteiger partial charge >= 0.3 is 0 Å². The van der Waals surface area contributed by atoms with Gasteiger partial charge < -0.3 is 19.7 Å². The number of aromatic nitrogens is 4. The van der Waals surface area contributed by atoms with Crippen molar-refractivity contribution in [3.8, 4) is 0 Å². The van der Waals surface area contributed by atoms with E-state index < -0.39 is 11.2 Å². The van der Waals surface area contributed by atoms with Crippen LogP contribution in [0.15, 0.2) is 35.6 Å². The van der Waals surface area contributed by atoms with Crippen LogP contribution in [0.1, 0.15) is 5.56 Å². The fraction of sp³-hybridized carbons (Fsp3) is 0.429. The number of halogens is 1. The van der Waals surface area contributed by atoms with Crippen molar-refractivity contribution in [3.63, 3.8) is 0 Å². The minimum Gasteiger partial charge on any atom is -0.616 e. The lowest BCUT2D eigenvalue weighted by Crippen LogP contribution is -2.45. The quantitative estimate of drug-likeness (QED) is 0.338. The summed E-state index contributed by atoms with van der Waals surface area (Å²) >= 11 is 0.782. The summed E-state index contributed by atoms with van der Waals surface area (Å²) in [6.07, 6.45) is 1.55. The van der Waals surface area contributed by atoms with Crippen molar-refractivity contribution < 1.29 is 8.94 Å². The van der Waals surface area contributed by atoms with Gasteiger partial charge in [0, 0.05) is 31.9 Å². The van der Waals surface area contributed by atoms with Crippen LogP contribution in [0.3, 0.4) is 0 Å². The summed E-state index contributed by atoms with van der Waals surface area (Å²) in [7, 11) is 0. The first-order valence-electron chi connectivity index (χ1n) is 10.6. The molecular formula is C21H24FN7OS2. The van der Waals surface area contributed by atoms with Crippen molar-refractivity contribution in [2.45, 2.75) is 10.8 Å². The van der Waals surface area contributed by atoms with Crippen LogP contribution in [0.4, 0.5) is 16.2 Å². The van der Waals surface area contributed by atoms with Crippen LogP contribution in [0, 0.1) is 5.82 Å². The van der Waals surface area contributed by atoms with E-state index in [9.17, 15) is 8.94 Å². The SMILES string of the molecule is [O-][S+]1CCN(c2nc(N3CCNCC3)nc3c(SCc4ccc(F)cc4)ncnc23)CC1. The molecule has 32 heavy (non-hydrogen) atoms. The molecule has 2 saturated heterocycles. The Morgan fingerprint density at radius 1 is 0.969 bits per heavy atom. The molecule has 3 aromatic rings. The Bertz CT molecular complexity index is 1070. The summed E-state index contributed by atoms with van der Waals surface area (Å²) in [4.78, 5) is 23.2. The van der Waals surface area contributed by atoms with Crippen LogP contribution in [-0.4, -0.2) is 75.3 Å². The van der Waals surface area contributed by atoms with Crippen LogP contribution in [0.5, 0.6) is 0 Å². The maximum atomic E-state index is 13.2. The van der Waals surface area contributed by atoms with Crippen LogP contribution >= 0.6 is 11.8 Å². The molecule has 5 rings (SSSR count). The first-order valence-corrected chi connectivity index (χ1v) is 13.1. The number of nitrogens with one attached hydrogen (secondary N) is 1. The van der Waals surface area contributed by atoms with Gasteiger partial charge in [0.15, 0.2) is 5.82 Å². The lowest BCUT2D eigenvalue weighted by molar-refractivity contribution is 0.578. The molecule has 8 nitrogen and oxygen atoms in total. The van der Waals surface area contributed by atoms with Gasteiger partial charge in [0.05, 0.1) is 13.1 Å². The largest absolute Gasteiger partial charge is 0.616 e. The number of fused-ring (bicyclic) bond motifs is 1. The highest BCUT2D eigenvalue weighted by Gasteiger charge is 2.26. The predicted octanol–water partition coefficient (Wildman–Crippen LogP) is 1.83. The number of hydrogen-bond donors (Lipinski definition) is 1. The molecule has 1 aromatic carbocycles. The van der Waals surface area contributed by atoms with Crippen molar-refractivity contribution >= 4 is 45.7 Å². The molecule has 0 amide bonds. The Morgan fingerprint density at radius 2 is 1.72 bits per heavy atom. The maximum Gasteiger partial charge on any atom is 0.228 e. The van der Waals surface area contributed by atoms with Gasteiger partial charge in [0.25, 0.3) is 0 Å². The average Bonchev–Trinajstić information content (AvgIpc) is 2.84. The fourth-order valence-electron chi connectivity index (χ4n) is 3.81. The summed E-state index contributed by atoms with van der Waals surface area (Å²) in [6.45, 7) is 4.80. The van der Waals surface area contributed by atoms with E-state index in [4.69, 9.17) is 9.97 Å². The van der Waals surface area contributed by atoms with E-state index in [1.807, 2.05) is 0 Å². The standard InChI is InChI=1S/C21H24FN7OS2/c22-16-3-1-15(2-4-16)13-31-20-18-17(24-14-25-20)19(28-9-11-32(30)12-10-28)27-21(26-18)29-7-5-23-6-8-29/h1-4,14,23H,5-13H2. The second kappa shape index (κ2) is 9.74. The summed E-state index contributed by atoms with van der Waals surface area (Å²) in [5.74, 6) is 3.13. The number of anilines is 2. The number of hydrogen-bond acceptors (Lipinski definition) is 9. The van der Waals surface area contributed by atoms with Crippen LogP contribution < -0.4 is 15.1 Å². The molecule has 2 aliphatic rings. The molecule has 11 heteroatoms. The van der Waals surface area contributed by atoms with Gasteiger partial charge in [-0.15, -0.1) is 0 Å². The molecule has 2 aliphatic heterocycles. The third kappa shape index (κ3) is 4.75. The highest BCUT2D eigenvalue weighted by molar-refractivity contribution is 7.98. The molecular weight excluding hydrogens is 449 g/mol. The van der Waals surface area contributed by atoms with Crippen LogP contribution in [0.25, 0.3) is 11.0 Å². The van der Waals surface area contributed by atoms with E-state index >= 15 is 0 Å². The number of rotatable bonds is 5. The van der Waals surface area contributed by atoms with Gasteiger partial charge in [-0.05, 0) is 17.7 Å². The molecule has 0 spiro atoms. The summed E-state index contributed by atoms with van der Waals surface area (Å²) in [5, 5.41) is 4.14. The number of benzene rings is 1. The highest BCUT2D eigenvalue weighted by Crippen LogP contribution is 2.32. The van der Waals surface area contributed by atoms with Gasteiger partial charge in [-0.2, -0.15) is 4.98 Å². The van der Waals surface area contributed by atoms with E-state index in [2.05, 4.69) is 25.1 Å². The molecule has 0 bridgehead atoms. The maximum absolute atomic E-state index is 13.2. The average molecular weight is 474 g/mol. The second-order valence-corrected chi connectivity index (χ2v) is 10.4. The predicted molar refractivity (Wildman–Crippen MR) is 126 cm³/mol. The lowest BCUT2D eigenvalue weighted by Gasteiger charge is -2.31. The molecule has 4 heterocycles. The van der Waals surface area contributed by atoms with Gasteiger partial charge in [0.2, 0.25) is 5.95 Å². The van der Waals surface area contributed by atoms with Gasteiger partial charge in [-0.1, -0.05) is 35.1 Å².